The van der Waals surface area contributed by atoms with Crippen molar-refractivity contribution in [1.82, 2.24) is 4.98 Å². The van der Waals surface area contributed by atoms with Gasteiger partial charge in [-0.25, -0.2) is 4.98 Å². The van der Waals surface area contributed by atoms with Crippen LogP contribution in [0, 0.1) is 0 Å². The van der Waals surface area contributed by atoms with Crippen molar-refractivity contribution in [3.8, 4) is 0 Å². The number of nitrogens with zero attached hydrogens (tertiary/aromatic N) is 1. The molecule has 0 fully saturated rings. The van der Waals surface area contributed by atoms with Gasteiger partial charge in [0.15, 0.2) is 0 Å². The SMILES string of the molecule is CC(=O)Nc1ccc(NC(=O)c2ccnc(Cl)c2)cc1. The fourth-order valence-electron chi connectivity index (χ4n) is 1.59. The van der Waals surface area contributed by atoms with E-state index in [0.29, 0.717) is 16.9 Å². The summed E-state index contributed by atoms with van der Waals surface area (Å²) in [7, 11) is 0. The predicted octanol–water partition coefficient (Wildman–Crippen LogP) is 2.95. The molecule has 0 saturated heterocycles. The predicted molar refractivity (Wildman–Crippen MR) is 77.9 cm³/mol. The molecule has 0 aliphatic heterocycles. The van der Waals surface area contributed by atoms with Gasteiger partial charge in [0.1, 0.15) is 5.15 Å². The summed E-state index contributed by atoms with van der Waals surface area (Å²) >= 11 is 5.73. The summed E-state index contributed by atoms with van der Waals surface area (Å²) in [6.45, 7) is 1.43. The van der Waals surface area contributed by atoms with Crippen LogP contribution in [0.1, 0.15) is 17.3 Å². The van der Waals surface area contributed by atoms with E-state index in [0.717, 1.165) is 0 Å². The molecule has 5 nitrogen and oxygen atoms in total. The quantitative estimate of drug-likeness (QED) is 0.853. The second-order valence-electron chi connectivity index (χ2n) is 4.08. The molecule has 102 valence electrons. The Labute approximate surface area is 121 Å². The Hall–Kier alpha value is -2.40. The molecular weight excluding hydrogens is 278 g/mol. The van der Waals surface area contributed by atoms with Crippen molar-refractivity contribution < 1.29 is 9.59 Å². The third-order valence-electron chi connectivity index (χ3n) is 2.45. The molecule has 2 N–H and O–H groups in total. The first-order chi connectivity index (χ1) is 9.54. The summed E-state index contributed by atoms with van der Waals surface area (Å²) in [6.07, 6.45) is 1.47. The molecule has 2 amide bonds. The lowest BCUT2D eigenvalue weighted by molar-refractivity contribution is -0.114. The standard InChI is InChI=1S/C14H12ClN3O2/c1-9(19)17-11-2-4-12(5-3-11)18-14(20)10-6-7-16-13(15)8-10/h2-8H,1H3,(H,17,19)(H,18,20). The number of benzene rings is 1. The largest absolute Gasteiger partial charge is 0.326 e. The van der Waals surface area contributed by atoms with E-state index in [1.54, 1.807) is 30.3 Å². The van der Waals surface area contributed by atoms with E-state index in [1.807, 2.05) is 0 Å². The number of rotatable bonds is 3. The molecule has 1 heterocycles. The van der Waals surface area contributed by atoms with Gasteiger partial charge in [-0.3, -0.25) is 9.59 Å². The number of aromatic nitrogens is 1. The monoisotopic (exact) mass is 289 g/mol. The Morgan fingerprint density at radius 3 is 2.20 bits per heavy atom. The van der Waals surface area contributed by atoms with E-state index >= 15 is 0 Å². The molecule has 20 heavy (non-hydrogen) atoms. The molecule has 6 heteroatoms. The molecule has 0 spiro atoms. The maximum Gasteiger partial charge on any atom is 0.255 e. The zero-order valence-corrected chi connectivity index (χ0v) is 11.4. The minimum atomic E-state index is -0.276. The summed E-state index contributed by atoms with van der Waals surface area (Å²) in [4.78, 5) is 26.7. The molecule has 0 saturated carbocycles. The maximum absolute atomic E-state index is 12.0. The zero-order chi connectivity index (χ0) is 14.5. The molecule has 0 bridgehead atoms. The summed E-state index contributed by atoms with van der Waals surface area (Å²) in [5.74, 6) is -0.421. The Morgan fingerprint density at radius 1 is 1.05 bits per heavy atom. The smallest absolute Gasteiger partial charge is 0.255 e. The highest BCUT2D eigenvalue weighted by molar-refractivity contribution is 6.29. The summed E-state index contributed by atoms with van der Waals surface area (Å²) in [5, 5.41) is 5.64. The normalized spacial score (nSPS) is 9.90. The highest BCUT2D eigenvalue weighted by atomic mass is 35.5. The van der Waals surface area contributed by atoms with Gasteiger partial charge in [0.2, 0.25) is 5.91 Å². The third-order valence-corrected chi connectivity index (χ3v) is 2.66. The number of nitrogens with one attached hydrogen (secondary N) is 2. The summed E-state index contributed by atoms with van der Waals surface area (Å²) in [6, 6.07) is 9.88. The maximum atomic E-state index is 12.0. The highest BCUT2D eigenvalue weighted by Crippen LogP contribution is 2.15. The van der Waals surface area contributed by atoms with Crippen LogP contribution in [0.25, 0.3) is 0 Å². The first kappa shape index (κ1) is 14.0. The van der Waals surface area contributed by atoms with Gasteiger partial charge >= 0.3 is 0 Å². The second-order valence-corrected chi connectivity index (χ2v) is 4.47. The average molecular weight is 290 g/mol. The van der Waals surface area contributed by atoms with Crippen molar-refractivity contribution in [3.05, 3.63) is 53.3 Å². The number of halogens is 1. The molecule has 0 atom stereocenters. The molecule has 0 aliphatic rings. The van der Waals surface area contributed by atoms with Crippen molar-refractivity contribution in [3.63, 3.8) is 0 Å². The van der Waals surface area contributed by atoms with Crippen LogP contribution >= 0.6 is 11.6 Å². The molecule has 2 aromatic rings. The first-order valence-electron chi connectivity index (χ1n) is 5.85. The van der Waals surface area contributed by atoms with Crippen LogP contribution in [0.5, 0.6) is 0 Å². The first-order valence-corrected chi connectivity index (χ1v) is 6.23. The van der Waals surface area contributed by atoms with Crippen molar-refractivity contribution in [1.29, 1.82) is 0 Å². The molecule has 0 radical (unpaired) electrons. The van der Waals surface area contributed by atoms with Gasteiger partial charge < -0.3 is 10.6 Å². The summed E-state index contributed by atoms with van der Waals surface area (Å²) in [5.41, 5.74) is 1.72. The van der Waals surface area contributed by atoms with Crippen LogP contribution in [-0.4, -0.2) is 16.8 Å². The van der Waals surface area contributed by atoms with Gasteiger partial charge in [-0.15, -0.1) is 0 Å². The second kappa shape index (κ2) is 6.16. The zero-order valence-electron chi connectivity index (χ0n) is 10.7. The summed E-state index contributed by atoms with van der Waals surface area (Å²) < 4.78 is 0. The van der Waals surface area contributed by atoms with Crippen LogP contribution in [0.15, 0.2) is 42.6 Å². The van der Waals surface area contributed by atoms with Crippen LogP contribution in [0.4, 0.5) is 11.4 Å². The lowest BCUT2D eigenvalue weighted by Gasteiger charge is -2.07. The molecule has 1 aromatic carbocycles. The number of hydrogen-bond acceptors (Lipinski definition) is 3. The van der Waals surface area contributed by atoms with Crippen molar-refractivity contribution in [2.45, 2.75) is 6.92 Å². The van der Waals surface area contributed by atoms with Gasteiger partial charge in [0.05, 0.1) is 0 Å². The highest BCUT2D eigenvalue weighted by Gasteiger charge is 2.07. The van der Waals surface area contributed by atoms with E-state index in [-0.39, 0.29) is 17.0 Å². The Kier molecular flexibility index (Phi) is 4.32. The fourth-order valence-corrected chi connectivity index (χ4v) is 1.76. The molecular formula is C14H12ClN3O2. The number of pyridine rings is 1. The van der Waals surface area contributed by atoms with Crippen molar-refractivity contribution >= 4 is 34.8 Å². The average Bonchev–Trinajstić information content (AvgIpc) is 2.40. The lowest BCUT2D eigenvalue weighted by Crippen LogP contribution is -2.12. The third kappa shape index (κ3) is 3.80. The van der Waals surface area contributed by atoms with Gasteiger partial charge in [0.25, 0.3) is 5.91 Å². The van der Waals surface area contributed by atoms with E-state index in [4.69, 9.17) is 11.6 Å². The van der Waals surface area contributed by atoms with Crippen LogP contribution < -0.4 is 10.6 Å². The topological polar surface area (TPSA) is 71.1 Å². The van der Waals surface area contributed by atoms with Gasteiger partial charge in [-0.2, -0.15) is 0 Å². The number of anilines is 2. The minimum absolute atomic E-state index is 0.145. The Bertz CT molecular complexity index is 641. The molecule has 0 aliphatic carbocycles. The lowest BCUT2D eigenvalue weighted by atomic mass is 10.2. The van der Waals surface area contributed by atoms with Gasteiger partial charge in [-0.1, -0.05) is 11.6 Å². The van der Waals surface area contributed by atoms with Gasteiger partial charge in [0, 0.05) is 30.1 Å². The molecule has 1 aromatic heterocycles. The molecule has 0 unspecified atom stereocenters. The Balaban J connectivity index is 2.06. The van der Waals surface area contributed by atoms with E-state index < -0.39 is 0 Å². The fraction of sp³-hybridized carbons (Fsp3) is 0.0714. The van der Waals surface area contributed by atoms with Gasteiger partial charge in [-0.05, 0) is 36.4 Å². The van der Waals surface area contributed by atoms with E-state index in [9.17, 15) is 9.59 Å². The Morgan fingerprint density at radius 2 is 1.65 bits per heavy atom. The number of amides is 2. The minimum Gasteiger partial charge on any atom is -0.326 e. The van der Waals surface area contributed by atoms with Crippen molar-refractivity contribution in [2.75, 3.05) is 10.6 Å². The number of carbonyl (C=O) groups is 2. The number of hydrogen-bond donors (Lipinski definition) is 2. The van der Waals surface area contributed by atoms with E-state index in [2.05, 4.69) is 15.6 Å². The van der Waals surface area contributed by atoms with Crippen LogP contribution in [0.3, 0.4) is 0 Å². The van der Waals surface area contributed by atoms with Crippen molar-refractivity contribution in [2.24, 2.45) is 0 Å². The van der Waals surface area contributed by atoms with Crippen LogP contribution in [-0.2, 0) is 4.79 Å². The number of carbonyl (C=O) groups excluding carboxylic acids is 2. The van der Waals surface area contributed by atoms with E-state index in [1.165, 1.54) is 19.2 Å². The van der Waals surface area contributed by atoms with Crippen LogP contribution in [0.2, 0.25) is 5.15 Å². The molecule has 2 rings (SSSR count).